The van der Waals surface area contributed by atoms with E-state index in [1.165, 1.54) is 10.4 Å². The van der Waals surface area contributed by atoms with Crippen molar-refractivity contribution < 1.29 is 0 Å². The van der Waals surface area contributed by atoms with Gasteiger partial charge >= 0.3 is 0 Å². The molecular weight excluding hydrogens is 218 g/mol. The molecule has 0 aromatic carbocycles. The Labute approximate surface area is 99.6 Å². The van der Waals surface area contributed by atoms with Crippen LogP contribution < -0.4 is 5.32 Å². The topological polar surface area (TPSA) is 37.8 Å². The van der Waals surface area contributed by atoms with Crippen molar-refractivity contribution in [2.75, 3.05) is 11.9 Å². The molecule has 2 rings (SSSR count). The summed E-state index contributed by atoms with van der Waals surface area (Å²) < 4.78 is 0. The predicted octanol–water partition coefficient (Wildman–Crippen LogP) is 3.34. The van der Waals surface area contributed by atoms with Crippen LogP contribution in [0.3, 0.4) is 0 Å². The molecule has 84 valence electrons. The third-order valence-corrected chi connectivity index (χ3v) is 3.11. The average Bonchev–Trinajstić information content (AvgIpc) is 2.74. The van der Waals surface area contributed by atoms with Gasteiger partial charge < -0.3 is 5.32 Å². The number of hydrogen-bond acceptors (Lipinski definition) is 4. The lowest BCUT2D eigenvalue weighted by atomic mass is 10.2. The highest BCUT2D eigenvalue weighted by molar-refractivity contribution is 7.10. The molecule has 0 spiro atoms. The van der Waals surface area contributed by atoms with Crippen molar-refractivity contribution in [1.29, 1.82) is 0 Å². The van der Waals surface area contributed by atoms with Crippen molar-refractivity contribution in [1.82, 2.24) is 9.97 Å². The van der Waals surface area contributed by atoms with Gasteiger partial charge in [-0.2, -0.15) is 0 Å². The van der Waals surface area contributed by atoms with E-state index in [-0.39, 0.29) is 0 Å². The fourth-order valence-corrected chi connectivity index (χ4v) is 2.14. The van der Waals surface area contributed by atoms with Gasteiger partial charge in [-0.1, -0.05) is 6.92 Å². The van der Waals surface area contributed by atoms with Crippen LogP contribution in [0.15, 0.2) is 23.8 Å². The van der Waals surface area contributed by atoms with E-state index in [0.29, 0.717) is 0 Å². The highest BCUT2D eigenvalue weighted by atomic mass is 32.1. The number of aryl methyl sites for hydroxylation is 1. The molecule has 3 nitrogen and oxygen atoms in total. The Kier molecular flexibility index (Phi) is 3.51. The first kappa shape index (κ1) is 11.1. The molecule has 0 unspecified atom stereocenters. The second-order valence-electron chi connectivity index (χ2n) is 3.66. The smallest absolute Gasteiger partial charge is 0.129 e. The summed E-state index contributed by atoms with van der Waals surface area (Å²) in [6.45, 7) is 5.18. The van der Waals surface area contributed by atoms with Gasteiger partial charge in [-0.15, -0.1) is 11.3 Å². The van der Waals surface area contributed by atoms with E-state index in [9.17, 15) is 0 Å². The summed E-state index contributed by atoms with van der Waals surface area (Å²) in [5.74, 6) is 0.899. The molecule has 0 radical (unpaired) electrons. The van der Waals surface area contributed by atoms with E-state index in [2.05, 4.69) is 40.6 Å². The molecule has 0 amide bonds. The van der Waals surface area contributed by atoms with Crippen molar-refractivity contribution in [3.05, 3.63) is 28.7 Å². The van der Waals surface area contributed by atoms with Crippen LogP contribution in [0.4, 0.5) is 5.82 Å². The largest absolute Gasteiger partial charge is 0.370 e. The molecule has 0 saturated carbocycles. The van der Waals surface area contributed by atoms with Crippen LogP contribution in [0.2, 0.25) is 0 Å². The molecule has 4 heteroatoms. The summed E-state index contributed by atoms with van der Waals surface area (Å²) in [6, 6.07) is 4.15. The molecule has 0 saturated heterocycles. The number of anilines is 1. The molecule has 0 aliphatic carbocycles. The molecular formula is C12H15N3S. The van der Waals surface area contributed by atoms with Gasteiger partial charge in [0.25, 0.3) is 0 Å². The summed E-state index contributed by atoms with van der Waals surface area (Å²) in [5.41, 5.74) is 2.16. The van der Waals surface area contributed by atoms with Gasteiger partial charge in [-0.3, -0.25) is 0 Å². The van der Waals surface area contributed by atoms with Gasteiger partial charge in [0.1, 0.15) is 12.1 Å². The van der Waals surface area contributed by atoms with E-state index in [1.54, 1.807) is 17.7 Å². The predicted molar refractivity (Wildman–Crippen MR) is 68.9 cm³/mol. The maximum Gasteiger partial charge on any atom is 0.129 e. The second-order valence-corrected chi connectivity index (χ2v) is 4.78. The third kappa shape index (κ3) is 2.58. The highest BCUT2D eigenvalue weighted by Gasteiger charge is 2.03. The van der Waals surface area contributed by atoms with Crippen molar-refractivity contribution in [3.8, 4) is 11.3 Å². The van der Waals surface area contributed by atoms with Crippen LogP contribution in [0.25, 0.3) is 11.3 Å². The molecule has 0 fully saturated rings. The summed E-state index contributed by atoms with van der Waals surface area (Å²) >= 11 is 1.74. The van der Waals surface area contributed by atoms with Crippen molar-refractivity contribution in [2.24, 2.45) is 0 Å². The lowest BCUT2D eigenvalue weighted by Crippen LogP contribution is -2.02. The number of hydrogen-bond donors (Lipinski definition) is 1. The zero-order valence-corrected chi connectivity index (χ0v) is 10.3. The van der Waals surface area contributed by atoms with Crippen molar-refractivity contribution in [3.63, 3.8) is 0 Å². The van der Waals surface area contributed by atoms with Gasteiger partial charge in [0.2, 0.25) is 0 Å². The Morgan fingerprint density at radius 1 is 1.31 bits per heavy atom. The molecule has 2 aromatic rings. The standard InChI is InChI=1S/C12H15N3S/c1-3-4-13-12-6-11(14-8-15-12)10-5-9(2)16-7-10/h5-8H,3-4H2,1-2H3,(H,13,14,15). The maximum absolute atomic E-state index is 4.29. The zero-order chi connectivity index (χ0) is 11.4. The number of rotatable bonds is 4. The number of aromatic nitrogens is 2. The fourth-order valence-electron chi connectivity index (χ4n) is 1.44. The van der Waals surface area contributed by atoms with Crippen LogP contribution >= 0.6 is 11.3 Å². The van der Waals surface area contributed by atoms with E-state index >= 15 is 0 Å². The first-order valence-corrected chi connectivity index (χ1v) is 6.29. The zero-order valence-electron chi connectivity index (χ0n) is 9.53. The monoisotopic (exact) mass is 233 g/mol. The van der Waals surface area contributed by atoms with E-state index in [0.717, 1.165) is 24.5 Å². The number of thiophene rings is 1. The normalized spacial score (nSPS) is 10.4. The summed E-state index contributed by atoms with van der Waals surface area (Å²) in [4.78, 5) is 9.78. The second kappa shape index (κ2) is 5.07. The van der Waals surface area contributed by atoms with Gasteiger partial charge in [-0.05, 0) is 19.4 Å². The molecule has 0 bridgehead atoms. The molecule has 0 aliphatic heterocycles. The molecule has 0 atom stereocenters. The minimum atomic E-state index is 0.899. The van der Waals surface area contributed by atoms with Gasteiger partial charge in [-0.25, -0.2) is 9.97 Å². The van der Waals surface area contributed by atoms with E-state index in [4.69, 9.17) is 0 Å². The summed E-state index contributed by atoms with van der Waals surface area (Å²) in [7, 11) is 0. The first-order valence-electron chi connectivity index (χ1n) is 5.41. The number of nitrogens with one attached hydrogen (secondary N) is 1. The first-order chi connectivity index (χ1) is 7.79. The highest BCUT2D eigenvalue weighted by Crippen LogP contribution is 2.24. The lowest BCUT2D eigenvalue weighted by Gasteiger charge is -2.04. The Bertz CT molecular complexity index is 465. The molecule has 2 heterocycles. The Balaban J connectivity index is 2.22. The quantitative estimate of drug-likeness (QED) is 0.880. The fraction of sp³-hybridized carbons (Fsp3) is 0.333. The van der Waals surface area contributed by atoms with Gasteiger partial charge in [0.15, 0.2) is 0 Å². The Morgan fingerprint density at radius 2 is 2.19 bits per heavy atom. The maximum atomic E-state index is 4.29. The lowest BCUT2D eigenvalue weighted by molar-refractivity contribution is 0.965. The van der Waals surface area contributed by atoms with Gasteiger partial charge in [0, 0.05) is 28.4 Å². The number of nitrogens with zero attached hydrogens (tertiary/aromatic N) is 2. The van der Waals surface area contributed by atoms with Gasteiger partial charge in [0.05, 0.1) is 5.69 Å². The van der Waals surface area contributed by atoms with Crippen molar-refractivity contribution >= 4 is 17.2 Å². The SMILES string of the molecule is CCCNc1cc(-c2csc(C)c2)ncn1. The molecule has 1 N–H and O–H groups in total. The molecule has 0 aliphatic rings. The minimum Gasteiger partial charge on any atom is -0.370 e. The van der Waals surface area contributed by atoms with E-state index in [1.807, 2.05) is 6.07 Å². The third-order valence-electron chi connectivity index (χ3n) is 2.25. The van der Waals surface area contributed by atoms with Crippen LogP contribution in [-0.2, 0) is 0 Å². The van der Waals surface area contributed by atoms with Crippen LogP contribution in [0.5, 0.6) is 0 Å². The summed E-state index contributed by atoms with van der Waals surface area (Å²) in [6.07, 6.45) is 2.71. The Morgan fingerprint density at radius 3 is 2.88 bits per heavy atom. The average molecular weight is 233 g/mol. The van der Waals surface area contributed by atoms with E-state index < -0.39 is 0 Å². The van der Waals surface area contributed by atoms with Crippen molar-refractivity contribution in [2.45, 2.75) is 20.3 Å². The molecule has 16 heavy (non-hydrogen) atoms. The molecule has 2 aromatic heterocycles. The van der Waals surface area contributed by atoms with Crippen LogP contribution in [0.1, 0.15) is 18.2 Å². The Hall–Kier alpha value is -1.42. The summed E-state index contributed by atoms with van der Waals surface area (Å²) in [5, 5.41) is 5.39. The van der Waals surface area contributed by atoms with Crippen LogP contribution in [0, 0.1) is 6.92 Å². The minimum absolute atomic E-state index is 0.899. The van der Waals surface area contributed by atoms with Crippen LogP contribution in [-0.4, -0.2) is 16.5 Å².